The summed E-state index contributed by atoms with van der Waals surface area (Å²) in [6.45, 7) is 5.48. The lowest BCUT2D eigenvalue weighted by Crippen LogP contribution is -2.51. The quantitative estimate of drug-likeness (QED) is 0.118. The Hall–Kier alpha value is -4.87. The molecule has 0 bridgehead atoms. The number of aromatic nitrogens is 4. The molecule has 0 radical (unpaired) electrons. The predicted molar refractivity (Wildman–Crippen MR) is 195 cm³/mol. The van der Waals surface area contributed by atoms with Crippen LogP contribution in [0, 0.1) is 5.92 Å². The molecular formula is C39H43N7O3S. The summed E-state index contributed by atoms with van der Waals surface area (Å²) >= 11 is 1.73. The number of aromatic amines is 2. The number of benzene rings is 3. The number of hydrogen-bond donors (Lipinski definition) is 4. The number of likely N-dealkylation sites (tertiary alicyclic amines) is 1. The molecule has 10 nitrogen and oxygen atoms in total. The van der Waals surface area contributed by atoms with Crippen molar-refractivity contribution in [1.82, 2.24) is 35.5 Å². The zero-order valence-electron chi connectivity index (χ0n) is 28.6. The van der Waals surface area contributed by atoms with Gasteiger partial charge in [-0.2, -0.15) is 0 Å². The first-order chi connectivity index (χ1) is 24.4. The second-order valence-corrected chi connectivity index (χ2v) is 14.4. The van der Waals surface area contributed by atoms with E-state index in [1.807, 2.05) is 37.2 Å². The number of imidazole rings is 2. The average Bonchev–Trinajstić information content (AvgIpc) is 3.98. The molecule has 4 N–H and O–H groups in total. The summed E-state index contributed by atoms with van der Waals surface area (Å²) in [5, 5.41) is 6.23. The molecule has 0 saturated carbocycles. The number of amides is 2. The van der Waals surface area contributed by atoms with Crippen LogP contribution in [0.4, 0.5) is 4.79 Å². The van der Waals surface area contributed by atoms with E-state index in [1.54, 1.807) is 11.8 Å². The average molecular weight is 690 g/mol. The largest absolute Gasteiger partial charge is 0.453 e. The van der Waals surface area contributed by atoms with E-state index < -0.39 is 12.1 Å². The molecule has 50 heavy (non-hydrogen) atoms. The summed E-state index contributed by atoms with van der Waals surface area (Å²) in [6, 6.07) is 25.0. The third kappa shape index (κ3) is 7.20. The highest BCUT2D eigenvalue weighted by Gasteiger charge is 2.37. The molecule has 258 valence electrons. The zero-order valence-corrected chi connectivity index (χ0v) is 29.4. The van der Waals surface area contributed by atoms with E-state index in [0.717, 1.165) is 80.9 Å². The Morgan fingerprint density at radius 2 is 1.58 bits per heavy atom. The highest BCUT2D eigenvalue weighted by Crippen LogP contribution is 2.40. The minimum atomic E-state index is -0.678. The summed E-state index contributed by atoms with van der Waals surface area (Å²) in [5.74, 6) is 1.53. The van der Waals surface area contributed by atoms with Crippen LogP contribution in [0.5, 0.6) is 0 Å². The summed E-state index contributed by atoms with van der Waals surface area (Å²) in [6.07, 6.45) is 7.11. The van der Waals surface area contributed by atoms with Gasteiger partial charge in [-0.3, -0.25) is 4.79 Å². The molecular weight excluding hydrogens is 647 g/mol. The minimum absolute atomic E-state index is 0.0947. The molecule has 3 aromatic carbocycles. The first-order valence-corrected chi connectivity index (χ1v) is 18.2. The number of rotatable bonds is 10. The van der Waals surface area contributed by atoms with E-state index in [9.17, 15) is 9.59 Å². The number of carbonyl (C=O) groups is 2. The first kappa shape index (κ1) is 33.6. The van der Waals surface area contributed by atoms with Gasteiger partial charge in [0, 0.05) is 21.9 Å². The fourth-order valence-electron chi connectivity index (χ4n) is 6.88. The Morgan fingerprint density at radius 3 is 2.30 bits per heavy atom. The fraction of sp³-hybridized carbons (Fsp3) is 0.333. The van der Waals surface area contributed by atoms with Gasteiger partial charge in [-0.15, -0.1) is 0 Å². The number of nitrogens with zero attached hydrogens (tertiary/aromatic N) is 3. The van der Waals surface area contributed by atoms with Gasteiger partial charge in [-0.25, -0.2) is 14.8 Å². The van der Waals surface area contributed by atoms with Crippen molar-refractivity contribution in [2.24, 2.45) is 5.92 Å². The van der Waals surface area contributed by atoms with Crippen molar-refractivity contribution in [2.45, 2.75) is 67.4 Å². The van der Waals surface area contributed by atoms with Crippen LogP contribution in [0.3, 0.4) is 0 Å². The molecule has 2 saturated heterocycles. The van der Waals surface area contributed by atoms with Crippen molar-refractivity contribution < 1.29 is 14.3 Å². The minimum Gasteiger partial charge on any atom is -0.453 e. The number of ether oxygens (including phenoxy) is 1. The third-order valence-electron chi connectivity index (χ3n) is 9.59. The Balaban J connectivity index is 1.15. The Labute approximate surface area is 296 Å². The second kappa shape index (κ2) is 14.9. The molecule has 11 heteroatoms. The van der Waals surface area contributed by atoms with Crippen LogP contribution in [0.25, 0.3) is 33.6 Å². The fourth-order valence-corrected chi connectivity index (χ4v) is 7.91. The third-order valence-corrected chi connectivity index (χ3v) is 10.7. The van der Waals surface area contributed by atoms with Crippen LogP contribution in [0.2, 0.25) is 0 Å². The van der Waals surface area contributed by atoms with Crippen molar-refractivity contribution >= 4 is 23.8 Å². The molecule has 0 aliphatic carbocycles. The van der Waals surface area contributed by atoms with Gasteiger partial charge in [-0.05, 0) is 73.0 Å². The Bertz CT molecular complexity index is 1930. The monoisotopic (exact) mass is 689 g/mol. The van der Waals surface area contributed by atoms with Gasteiger partial charge in [0.25, 0.3) is 0 Å². The maximum Gasteiger partial charge on any atom is 0.407 e. The lowest BCUT2D eigenvalue weighted by atomic mass is 10.0. The second-order valence-electron chi connectivity index (χ2n) is 13.3. The standard InChI is InChI=1S/C39H43N7O3S/c1-24(2)35(45-39(48)49-3)38(47)46-20-8-12-33(46)37-42-23-32(44-37)27-17-18-29(34(21-27)50-28-9-5-4-6-10-28)25-13-15-26(16-14-25)31-22-41-36(43-31)30-11-7-19-40-30/h4-6,9-10,13-18,21-24,30,33,35,40H,7-8,11-12,19-20H2,1-3H3,(H,41,43)(H,42,44)(H,45,48)/t30-,33-,35-/m0/s1. The first-order valence-electron chi connectivity index (χ1n) is 17.3. The molecule has 2 amide bonds. The van der Waals surface area contributed by atoms with Crippen molar-refractivity contribution in [3.63, 3.8) is 0 Å². The van der Waals surface area contributed by atoms with E-state index in [1.165, 1.54) is 13.5 Å². The van der Waals surface area contributed by atoms with Crippen molar-refractivity contribution in [2.75, 3.05) is 20.2 Å². The van der Waals surface area contributed by atoms with Crippen LogP contribution in [0.1, 0.15) is 63.3 Å². The Morgan fingerprint density at radius 1 is 0.880 bits per heavy atom. The van der Waals surface area contributed by atoms with Crippen LogP contribution in [0.15, 0.2) is 95.0 Å². The maximum atomic E-state index is 13.7. The normalized spacial score (nSPS) is 18.0. The summed E-state index contributed by atoms with van der Waals surface area (Å²) < 4.78 is 4.78. The van der Waals surface area contributed by atoms with Crippen LogP contribution >= 0.6 is 11.8 Å². The summed E-state index contributed by atoms with van der Waals surface area (Å²) in [4.78, 5) is 46.2. The molecule has 7 rings (SSSR count). The molecule has 2 aromatic heterocycles. The summed E-state index contributed by atoms with van der Waals surface area (Å²) in [5.41, 5.74) is 6.28. The SMILES string of the molecule is COC(=O)N[C@H](C(=O)N1CCC[C@H]1c1ncc(-c2ccc(-c3ccc(-c4cnc([C@@H]5CCCN5)[nH]4)cc3)c(Sc3ccccc3)c2)[nH]1)C(C)C. The number of carbonyl (C=O) groups excluding carboxylic acids is 2. The van der Waals surface area contributed by atoms with E-state index in [-0.39, 0.29) is 17.9 Å². The van der Waals surface area contributed by atoms with Gasteiger partial charge in [0.15, 0.2) is 0 Å². The highest BCUT2D eigenvalue weighted by atomic mass is 32.2. The molecule has 2 aliphatic heterocycles. The van der Waals surface area contributed by atoms with E-state index in [4.69, 9.17) is 9.72 Å². The van der Waals surface area contributed by atoms with Gasteiger partial charge < -0.3 is 30.2 Å². The number of hydrogen-bond acceptors (Lipinski definition) is 7. The maximum absolute atomic E-state index is 13.7. The lowest BCUT2D eigenvalue weighted by Gasteiger charge is -2.30. The van der Waals surface area contributed by atoms with Gasteiger partial charge in [0.2, 0.25) is 5.91 Å². The van der Waals surface area contributed by atoms with Crippen molar-refractivity contribution in [3.05, 3.63) is 96.8 Å². The van der Waals surface area contributed by atoms with E-state index in [0.29, 0.717) is 12.6 Å². The van der Waals surface area contributed by atoms with Gasteiger partial charge in [-0.1, -0.05) is 80.2 Å². The van der Waals surface area contributed by atoms with Crippen LogP contribution < -0.4 is 10.6 Å². The molecule has 2 fully saturated rings. The van der Waals surface area contributed by atoms with Crippen LogP contribution in [-0.4, -0.2) is 63.1 Å². The van der Waals surface area contributed by atoms with Gasteiger partial charge in [0.05, 0.1) is 43.0 Å². The van der Waals surface area contributed by atoms with Gasteiger partial charge in [0.1, 0.15) is 17.7 Å². The zero-order chi connectivity index (χ0) is 34.6. The lowest BCUT2D eigenvalue weighted by molar-refractivity contribution is -0.135. The van der Waals surface area contributed by atoms with E-state index in [2.05, 4.69) is 92.3 Å². The van der Waals surface area contributed by atoms with E-state index >= 15 is 0 Å². The van der Waals surface area contributed by atoms with Crippen LogP contribution in [-0.2, 0) is 9.53 Å². The number of H-pyrrole nitrogens is 2. The highest BCUT2D eigenvalue weighted by molar-refractivity contribution is 7.99. The summed E-state index contributed by atoms with van der Waals surface area (Å²) in [7, 11) is 1.30. The molecule has 5 aromatic rings. The molecule has 4 heterocycles. The van der Waals surface area contributed by atoms with Gasteiger partial charge >= 0.3 is 6.09 Å². The topological polar surface area (TPSA) is 128 Å². The van der Waals surface area contributed by atoms with Crippen molar-refractivity contribution in [1.29, 1.82) is 0 Å². The number of alkyl carbamates (subject to hydrolysis) is 1. The number of nitrogens with one attached hydrogen (secondary N) is 4. The Kier molecular flexibility index (Phi) is 10.0. The number of methoxy groups -OCH3 is 1. The molecule has 0 unspecified atom stereocenters. The smallest absolute Gasteiger partial charge is 0.407 e. The molecule has 2 aliphatic rings. The molecule has 3 atom stereocenters. The van der Waals surface area contributed by atoms with Crippen molar-refractivity contribution in [3.8, 4) is 33.6 Å². The predicted octanol–water partition coefficient (Wildman–Crippen LogP) is 7.75. The molecule has 0 spiro atoms.